The molecule has 5 heteroatoms. The molecule has 0 atom stereocenters. The SMILES string of the molecule is CCCCCN(c1cncc(NN)n1)C(C)C. The molecule has 1 aromatic rings. The van der Waals surface area contributed by atoms with Crippen molar-refractivity contribution in [2.75, 3.05) is 16.9 Å². The van der Waals surface area contributed by atoms with Gasteiger partial charge in [-0.1, -0.05) is 19.8 Å². The fourth-order valence-corrected chi connectivity index (χ4v) is 1.73. The van der Waals surface area contributed by atoms with Crippen LogP contribution in [0.15, 0.2) is 12.4 Å². The summed E-state index contributed by atoms with van der Waals surface area (Å²) in [5.41, 5.74) is 2.53. The maximum absolute atomic E-state index is 5.35. The normalized spacial score (nSPS) is 10.6. The topological polar surface area (TPSA) is 67.1 Å². The molecule has 1 aromatic heterocycles. The van der Waals surface area contributed by atoms with Crippen molar-refractivity contribution in [1.82, 2.24) is 9.97 Å². The summed E-state index contributed by atoms with van der Waals surface area (Å²) in [6, 6.07) is 0.411. The first-order valence-corrected chi connectivity index (χ1v) is 6.24. The van der Waals surface area contributed by atoms with Crippen LogP contribution in [0.1, 0.15) is 40.0 Å². The van der Waals surface area contributed by atoms with Gasteiger partial charge in [0, 0.05) is 12.6 Å². The lowest BCUT2D eigenvalue weighted by Gasteiger charge is -2.27. The molecule has 0 amide bonds. The molecule has 0 aliphatic heterocycles. The van der Waals surface area contributed by atoms with Crippen LogP contribution in [0.3, 0.4) is 0 Å². The van der Waals surface area contributed by atoms with Crippen molar-refractivity contribution < 1.29 is 0 Å². The number of nitrogen functional groups attached to an aromatic ring is 1. The summed E-state index contributed by atoms with van der Waals surface area (Å²) >= 11 is 0. The van der Waals surface area contributed by atoms with Gasteiger partial charge in [-0.2, -0.15) is 0 Å². The Morgan fingerprint density at radius 1 is 1.35 bits per heavy atom. The smallest absolute Gasteiger partial charge is 0.160 e. The van der Waals surface area contributed by atoms with E-state index in [0.717, 1.165) is 12.4 Å². The van der Waals surface area contributed by atoms with E-state index in [9.17, 15) is 0 Å². The highest BCUT2D eigenvalue weighted by Crippen LogP contribution is 2.16. The molecule has 0 saturated heterocycles. The maximum Gasteiger partial charge on any atom is 0.160 e. The predicted molar refractivity (Wildman–Crippen MR) is 71.8 cm³/mol. The molecule has 0 aromatic carbocycles. The van der Waals surface area contributed by atoms with E-state index in [0.29, 0.717) is 11.9 Å². The molecule has 0 aliphatic rings. The molecule has 0 spiro atoms. The van der Waals surface area contributed by atoms with Crippen LogP contribution in [0, 0.1) is 0 Å². The van der Waals surface area contributed by atoms with Gasteiger partial charge < -0.3 is 10.3 Å². The number of hydrazine groups is 1. The third kappa shape index (κ3) is 4.19. The zero-order valence-corrected chi connectivity index (χ0v) is 11.0. The van der Waals surface area contributed by atoms with Crippen molar-refractivity contribution in [3.05, 3.63) is 12.4 Å². The van der Waals surface area contributed by atoms with Crippen molar-refractivity contribution in [1.29, 1.82) is 0 Å². The Kier molecular flexibility index (Phi) is 5.69. The molecule has 17 heavy (non-hydrogen) atoms. The summed E-state index contributed by atoms with van der Waals surface area (Å²) in [4.78, 5) is 10.8. The number of unbranched alkanes of at least 4 members (excludes halogenated alkanes) is 2. The number of nitrogens with zero attached hydrogens (tertiary/aromatic N) is 3. The summed E-state index contributed by atoms with van der Waals surface area (Å²) in [7, 11) is 0. The van der Waals surface area contributed by atoms with E-state index in [2.05, 4.69) is 41.1 Å². The standard InChI is InChI=1S/C12H23N5/c1-4-5-6-7-17(10(2)3)12-9-14-8-11(15-12)16-13/h8-10H,4-7,13H2,1-3H3,(H,15,16). The van der Waals surface area contributed by atoms with E-state index in [1.54, 1.807) is 12.4 Å². The number of hydrogen-bond donors (Lipinski definition) is 2. The summed E-state index contributed by atoms with van der Waals surface area (Å²) in [5, 5.41) is 0. The number of nitrogens with one attached hydrogen (secondary N) is 1. The minimum absolute atomic E-state index is 0.411. The fraction of sp³-hybridized carbons (Fsp3) is 0.667. The van der Waals surface area contributed by atoms with Crippen LogP contribution in [0.4, 0.5) is 11.6 Å². The van der Waals surface area contributed by atoms with Crippen molar-refractivity contribution in [2.24, 2.45) is 5.84 Å². The van der Waals surface area contributed by atoms with Gasteiger partial charge >= 0.3 is 0 Å². The van der Waals surface area contributed by atoms with Gasteiger partial charge in [0.25, 0.3) is 0 Å². The zero-order valence-electron chi connectivity index (χ0n) is 11.0. The number of anilines is 2. The zero-order chi connectivity index (χ0) is 12.7. The molecule has 0 fully saturated rings. The van der Waals surface area contributed by atoms with Crippen LogP contribution in [0.5, 0.6) is 0 Å². The van der Waals surface area contributed by atoms with Gasteiger partial charge in [-0.05, 0) is 20.3 Å². The molecule has 0 unspecified atom stereocenters. The molecule has 0 aliphatic carbocycles. The average molecular weight is 237 g/mol. The minimum atomic E-state index is 0.411. The molecule has 1 heterocycles. The molecule has 5 nitrogen and oxygen atoms in total. The van der Waals surface area contributed by atoms with Crippen molar-refractivity contribution in [3.63, 3.8) is 0 Å². The third-order valence-corrected chi connectivity index (χ3v) is 2.69. The highest BCUT2D eigenvalue weighted by Gasteiger charge is 2.12. The lowest BCUT2D eigenvalue weighted by molar-refractivity contribution is 0.619. The van der Waals surface area contributed by atoms with Crippen LogP contribution in [0.2, 0.25) is 0 Å². The average Bonchev–Trinajstić information content (AvgIpc) is 2.34. The van der Waals surface area contributed by atoms with Gasteiger partial charge in [-0.25, -0.2) is 10.8 Å². The summed E-state index contributed by atoms with van der Waals surface area (Å²) < 4.78 is 0. The third-order valence-electron chi connectivity index (χ3n) is 2.69. The second kappa shape index (κ2) is 7.06. The van der Waals surface area contributed by atoms with Crippen LogP contribution < -0.4 is 16.2 Å². The number of nitrogens with two attached hydrogens (primary N) is 1. The van der Waals surface area contributed by atoms with Crippen LogP contribution in [0.25, 0.3) is 0 Å². The first-order valence-electron chi connectivity index (χ1n) is 6.24. The monoisotopic (exact) mass is 237 g/mol. The minimum Gasteiger partial charge on any atom is -0.353 e. The molecule has 96 valence electrons. The number of rotatable bonds is 7. The van der Waals surface area contributed by atoms with Gasteiger partial charge in [-0.3, -0.25) is 4.98 Å². The van der Waals surface area contributed by atoms with E-state index in [1.165, 1.54) is 19.3 Å². The number of aromatic nitrogens is 2. The van der Waals surface area contributed by atoms with E-state index in [-0.39, 0.29) is 0 Å². The van der Waals surface area contributed by atoms with E-state index < -0.39 is 0 Å². The maximum atomic E-state index is 5.35. The second-order valence-corrected chi connectivity index (χ2v) is 4.40. The Bertz CT molecular complexity index is 326. The molecule has 0 radical (unpaired) electrons. The Hall–Kier alpha value is -1.36. The molecular formula is C12H23N5. The van der Waals surface area contributed by atoms with Gasteiger partial charge in [0.05, 0.1) is 12.4 Å². The van der Waals surface area contributed by atoms with Gasteiger partial charge in [0.2, 0.25) is 0 Å². The van der Waals surface area contributed by atoms with E-state index in [4.69, 9.17) is 5.84 Å². The van der Waals surface area contributed by atoms with Crippen LogP contribution >= 0.6 is 0 Å². The van der Waals surface area contributed by atoms with Crippen molar-refractivity contribution in [3.8, 4) is 0 Å². The second-order valence-electron chi connectivity index (χ2n) is 4.40. The fourth-order valence-electron chi connectivity index (χ4n) is 1.73. The molecule has 1 rings (SSSR count). The Morgan fingerprint density at radius 3 is 2.71 bits per heavy atom. The molecule has 0 saturated carbocycles. The Morgan fingerprint density at radius 2 is 2.12 bits per heavy atom. The van der Waals surface area contributed by atoms with Crippen molar-refractivity contribution in [2.45, 2.75) is 46.1 Å². The first-order chi connectivity index (χ1) is 8.19. The van der Waals surface area contributed by atoms with Gasteiger partial charge in [0.1, 0.15) is 5.82 Å². The van der Waals surface area contributed by atoms with Crippen LogP contribution in [-0.2, 0) is 0 Å². The molecular weight excluding hydrogens is 214 g/mol. The predicted octanol–water partition coefficient (Wildman–Crippen LogP) is 2.17. The largest absolute Gasteiger partial charge is 0.353 e. The lowest BCUT2D eigenvalue weighted by atomic mass is 10.2. The van der Waals surface area contributed by atoms with Gasteiger partial charge in [-0.15, -0.1) is 0 Å². The summed E-state index contributed by atoms with van der Waals surface area (Å²) in [6.45, 7) is 7.54. The number of hydrogen-bond acceptors (Lipinski definition) is 5. The molecule has 0 bridgehead atoms. The Labute approximate surface area is 103 Å². The van der Waals surface area contributed by atoms with E-state index in [1.807, 2.05) is 0 Å². The van der Waals surface area contributed by atoms with Crippen LogP contribution in [-0.4, -0.2) is 22.6 Å². The van der Waals surface area contributed by atoms with E-state index >= 15 is 0 Å². The highest BCUT2D eigenvalue weighted by molar-refractivity contribution is 5.43. The lowest BCUT2D eigenvalue weighted by Crippen LogP contribution is -2.32. The first kappa shape index (κ1) is 13.7. The Balaban J connectivity index is 2.74. The molecule has 3 N–H and O–H groups in total. The van der Waals surface area contributed by atoms with Crippen molar-refractivity contribution >= 4 is 11.6 Å². The summed E-state index contributed by atoms with van der Waals surface area (Å²) in [6.07, 6.45) is 7.05. The highest BCUT2D eigenvalue weighted by atomic mass is 15.3. The quantitative estimate of drug-likeness (QED) is 0.432. The summed E-state index contributed by atoms with van der Waals surface area (Å²) in [5.74, 6) is 6.83. The van der Waals surface area contributed by atoms with Gasteiger partial charge in [0.15, 0.2) is 5.82 Å².